The second-order valence-electron chi connectivity index (χ2n) is 8.00. The van der Waals surface area contributed by atoms with Gasteiger partial charge in [0, 0.05) is 25.2 Å². The number of ether oxygens (including phenoxy) is 5. The van der Waals surface area contributed by atoms with Crippen LogP contribution in [0.25, 0.3) is 0 Å². The van der Waals surface area contributed by atoms with Gasteiger partial charge in [0.1, 0.15) is 5.75 Å². The van der Waals surface area contributed by atoms with Crippen molar-refractivity contribution in [3.63, 3.8) is 0 Å². The van der Waals surface area contributed by atoms with Gasteiger partial charge < -0.3 is 33.5 Å². The van der Waals surface area contributed by atoms with Gasteiger partial charge in [0.2, 0.25) is 0 Å². The number of halogens is 1. The molecule has 0 fully saturated rings. The first-order chi connectivity index (χ1) is 16.0. The first-order valence-corrected chi connectivity index (χ1v) is 11.1. The van der Waals surface area contributed by atoms with Crippen molar-refractivity contribution in [2.24, 2.45) is 0 Å². The van der Waals surface area contributed by atoms with E-state index >= 15 is 0 Å². The quantitative estimate of drug-likeness (QED) is 0.414. The van der Waals surface area contributed by atoms with E-state index in [1.165, 1.54) is 5.56 Å². The molecule has 1 aliphatic heterocycles. The van der Waals surface area contributed by atoms with Crippen LogP contribution in [-0.2, 0) is 6.42 Å². The fourth-order valence-electron chi connectivity index (χ4n) is 3.84. The van der Waals surface area contributed by atoms with Gasteiger partial charge in [-0.1, -0.05) is 6.07 Å². The van der Waals surface area contributed by atoms with Gasteiger partial charge in [-0.2, -0.15) is 0 Å². The Hall–Kier alpha value is -2.84. The number of unbranched alkanes of at least 4 members (excludes halogenated alkanes) is 1. The number of benzene rings is 2. The molecule has 188 valence electrons. The molecule has 1 aliphatic rings. The Bertz CT molecular complexity index is 955. The van der Waals surface area contributed by atoms with Crippen LogP contribution < -0.4 is 23.7 Å². The third kappa shape index (κ3) is 6.61. The molecule has 3 rings (SSSR count). The van der Waals surface area contributed by atoms with Crippen molar-refractivity contribution in [2.45, 2.75) is 19.3 Å². The number of hydrogen-bond acceptors (Lipinski definition) is 7. The normalized spacial score (nSPS) is 12.5. The highest BCUT2D eigenvalue weighted by molar-refractivity contribution is 5.98. The van der Waals surface area contributed by atoms with Gasteiger partial charge in [-0.15, -0.1) is 12.4 Å². The Morgan fingerprint density at radius 2 is 1.53 bits per heavy atom. The van der Waals surface area contributed by atoms with Crippen molar-refractivity contribution in [1.82, 2.24) is 9.80 Å². The third-order valence-corrected chi connectivity index (χ3v) is 5.83. The Morgan fingerprint density at radius 1 is 0.882 bits per heavy atom. The van der Waals surface area contributed by atoms with Crippen molar-refractivity contribution in [3.8, 4) is 28.7 Å². The number of methoxy groups -OCH3 is 4. The SMILES string of the molecule is COc1ccc(CCN(C)CCCCN2COc3cc(OC)c(OC)cc3C2=O)cc1OC.Cl. The molecule has 0 spiro atoms. The van der Waals surface area contributed by atoms with Crippen molar-refractivity contribution in [2.75, 3.05) is 61.9 Å². The van der Waals surface area contributed by atoms with Gasteiger partial charge in [-0.05, 0) is 50.6 Å². The number of likely N-dealkylation sites (N-methyl/N-ethyl adjacent to an activating group) is 1. The summed E-state index contributed by atoms with van der Waals surface area (Å²) >= 11 is 0. The molecule has 0 N–H and O–H groups in total. The summed E-state index contributed by atoms with van der Waals surface area (Å²) in [6, 6.07) is 9.42. The minimum absolute atomic E-state index is 0. The van der Waals surface area contributed by atoms with Crippen LogP contribution in [0.15, 0.2) is 30.3 Å². The van der Waals surface area contributed by atoms with E-state index < -0.39 is 0 Å². The summed E-state index contributed by atoms with van der Waals surface area (Å²) in [4.78, 5) is 16.9. The molecule has 1 heterocycles. The number of nitrogens with zero attached hydrogens (tertiary/aromatic N) is 2. The molecule has 0 bridgehead atoms. The minimum atomic E-state index is -0.0426. The van der Waals surface area contributed by atoms with Crippen LogP contribution in [0.3, 0.4) is 0 Å². The second-order valence-corrected chi connectivity index (χ2v) is 8.00. The third-order valence-electron chi connectivity index (χ3n) is 5.83. The monoisotopic (exact) mass is 494 g/mol. The highest BCUT2D eigenvalue weighted by atomic mass is 35.5. The molecule has 0 saturated carbocycles. The highest BCUT2D eigenvalue weighted by Crippen LogP contribution is 2.37. The zero-order chi connectivity index (χ0) is 23.8. The van der Waals surface area contributed by atoms with Gasteiger partial charge in [-0.3, -0.25) is 4.79 Å². The maximum absolute atomic E-state index is 12.9. The van der Waals surface area contributed by atoms with E-state index in [4.69, 9.17) is 23.7 Å². The fraction of sp³-hybridized carbons (Fsp3) is 0.480. The second kappa shape index (κ2) is 13.2. The maximum Gasteiger partial charge on any atom is 0.260 e. The van der Waals surface area contributed by atoms with Crippen LogP contribution in [0.5, 0.6) is 28.7 Å². The number of hydrogen-bond donors (Lipinski definition) is 0. The lowest BCUT2D eigenvalue weighted by Crippen LogP contribution is -2.39. The summed E-state index contributed by atoms with van der Waals surface area (Å²) in [7, 11) is 8.52. The summed E-state index contributed by atoms with van der Waals surface area (Å²) < 4.78 is 27.1. The van der Waals surface area contributed by atoms with E-state index in [2.05, 4.69) is 18.0 Å². The lowest BCUT2D eigenvalue weighted by Gasteiger charge is -2.29. The number of carbonyl (C=O) groups excluding carboxylic acids is 1. The Kier molecular flexibility index (Phi) is 10.6. The molecule has 9 heteroatoms. The summed E-state index contributed by atoms with van der Waals surface area (Å²) in [6.07, 6.45) is 2.82. The lowest BCUT2D eigenvalue weighted by molar-refractivity contribution is 0.0514. The van der Waals surface area contributed by atoms with Crippen LogP contribution >= 0.6 is 12.4 Å². The smallest absolute Gasteiger partial charge is 0.260 e. The summed E-state index contributed by atoms with van der Waals surface area (Å²) in [6.45, 7) is 2.79. The molecule has 0 saturated heterocycles. The van der Waals surface area contributed by atoms with Gasteiger partial charge in [0.05, 0.1) is 34.0 Å². The molecule has 8 nitrogen and oxygen atoms in total. The van der Waals surface area contributed by atoms with Crippen LogP contribution in [0.4, 0.5) is 0 Å². The van der Waals surface area contributed by atoms with Gasteiger partial charge in [-0.25, -0.2) is 0 Å². The average molecular weight is 495 g/mol. The Labute approximate surface area is 208 Å². The molecule has 0 radical (unpaired) electrons. The highest BCUT2D eigenvalue weighted by Gasteiger charge is 2.27. The zero-order valence-corrected chi connectivity index (χ0v) is 21.4. The molecule has 0 unspecified atom stereocenters. The molecule has 0 aromatic heterocycles. The lowest BCUT2D eigenvalue weighted by atomic mass is 10.1. The minimum Gasteiger partial charge on any atom is -0.493 e. The van der Waals surface area contributed by atoms with E-state index in [1.807, 2.05) is 12.1 Å². The molecular weight excluding hydrogens is 460 g/mol. The first kappa shape index (κ1) is 27.4. The Morgan fingerprint density at radius 3 is 2.21 bits per heavy atom. The van der Waals surface area contributed by atoms with Gasteiger partial charge >= 0.3 is 0 Å². The van der Waals surface area contributed by atoms with E-state index in [0.717, 1.165) is 43.9 Å². The summed E-state index contributed by atoms with van der Waals surface area (Å²) in [5, 5.41) is 0. The molecule has 2 aromatic carbocycles. The molecular formula is C25H35ClN2O6. The largest absolute Gasteiger partial charge is 0.493 e. The number of amides is 1. The maximum atomic E-state index is 12.9. The summed E-state index contributed by atoms with van der Waals surface area (Å²) in [5.74, 6) is 3.05. The van der Waals surface area contributed by atoms with Gasteiger partial charge in [0.25, 0.3) is 5.91 Å². The topological polar surface area (TPSA) is 69.7 Å². The van der Waals surface area contributed by atoms with Crippen LogP contribution in [0.1, 0.15) is 28.8 Å². The van der Waals surface area contributed by atoms with Crippen molar-refractivity contribution in [1.29, 1.82) is 0 Å². The molecule has 2 aromatic rings. The van der Waals surface area contributed by atoms with Crippen molar-refractivity contribution >= 4 is 18.3 Å². The van der Waals surface area contributed by atoms with E-state index in [9.17, 15) is 4.79 Å². The molecule has 0 atom stereocenters. The predicted octanol–water partition coefficient (Wildman–Crippen LogP) is 3.89. The average Bonchev–Trinajstić information content (AvgIpc) is 2.85. The number of fused-ring (bicyclic) bond motifs is 1. The Balaban J connectivity index is 0.00000408. The summed E-state index contributed by atoms with van der Waals surface area (Å²) in [5.41, 5.74) is 1.72. The van der Waals surface area contributed by atoms with Gasteiger partial charge in [0.15, 0.2) is 29.7 Å². The van der Waals surface area contributed by atoms with E-state index in [1.54, 1.807) is 45.5 Å². The molecule has 0 aliphatic carbocycles. The van der Waals surface area contributed by atoms with Crippen molar-refractivity contribution in [3.05, 3.63) is 41.5 Å². The first-order valence-electron chi connectivity index (χ1n) is 11.1. The van der Waals surface area contributed by atoms with Crippen molar-refractivity contribution < 1.29 is 28.5 Å². The zero-order valence-electron chi connectivity index (χ0n) is 20.6. The molecule has 34 heavy (non-hydrogen) atoms. The molecule has 1 amide bonds. The predicted molar refractivity (Wildman–Crippen MR) is 133 cm³/mol. The van der Waals surface area contributed by atoms with E-state index in [0.29, 0.717) is 29.4 Å². The van der Waals surface area contributed by atoms with E-state index in [-0.39, 0.29) is 25.0 Å². The van der Waals surface area contributed by atoms with Crippen LogP contribution in [0.2, 0.25) is 0 Å². The van der Waals surface area contributed by atoms with Crippen LogP contribution in [0, 0.1) is 0 Å². The number of rotatable bonds is 12. The number of carbonyl (C=O) groups is 1. The van der Waals surface area contributed by atoms with Crippen LogP contribution in [-0.4, -0.2) is 77.6 Å². The standard InChI is InChI=1S/C25H34N2O6.ClH/c1-26(13-10-18-8-9-20(29-2)22(14-18)30-3)11-6-7-12-27-17-33-21-16-24(32-5)23(31-4)15-19(21)25(27)28;/h8-9,14-16H,6-7,10-13,17H2,1-5H3;1H. The fourth-order valence-corrected chi connectivity index (χ4v) is 3.84.